The zero-order valence-corrected chi connectivity index (χ0v) is 22.5. The van der Waals surface area contributed by atoms with Crippen molar-refractivity contribution < 1.29 is 23.9 Å². The molecule has 0 fully saturated rings. The molecule has 0 amide bonds. The number of aryl methyl sites for hydroxylation is 1. The number of ketones is 1. The van der Waals surface area contributed by atoms with Crippen molar-refractivity contribution in [2.24, 2.45) is 0 Å². The molecular weight excluding hydrogens is 512 g/mol. The number of ether oxygens (including phenoxy) is 2. The lowest BCUT2D eigenvalue weighted by molar-refractivity contribution is -0.146. The number of Topliss-reactive ketones (excluding diaryl/α,β-unsaturated/α-hetero) is 1. The van der Waals surface area contributed by atoms with Gasteiger partial charge in [0.25, 0.3) is 0 Å². The number of hydrogen-bond acceptors (Lipinski definition) is 5. The first-order valence-electron chi connectivity index (χ1n) is 13.2. The highest BCUT2D eigenvalue weighted by atomic mass is 16.5. The topological polar surface area (TPSA) is 69.7 Å². The summed E-state index contributed by atoms with van der Waals surface area (Å²) >= 11 is 0. The number of carbonyl (C=O) groups excluding carboxylic acids is 3. The van der Waals surface area contributed by atoms with Crippen LogP contribution in [0.4, 0.5) is 0 Å². The Morgan fingerprint density at radius 3 is 1.46 bits per heavy atom. The van der Waals surface area contributed by atoms with Crippen LogP contribution >= 0.6 is 0 Å². The Labute approximate surface area is 239 Å². The highest BCUT2D eigenvalue weighted by Crippen LogP contribution is 2.40. The van der Waals surface area contributed by atoms with Gasteiger partial charge in [-0.25, -0.2) is 4.79 Å². The molecule has 5 nitrogen and oxygen atoms in total. The van der Waals surface area contributed by atoms with E-state index in [4.69, 9.17) is 9.47 Å². The molecule has 0 saturated carbocycles. The monoisotopic (exact) mass is 540 g/mol. The minimum atomic E-state index is -1.28. The lowest BCUT2D eigenvalue weighted by atomic mass is 9.69. The van der Waals surface area contributed by atoms with Gasteiger partial charge in [-0.05, 0) is 60.0 Å². The van der Waals surface area contributed by atoms with Crippen LogP contribution < -0.4 is 4.74 Å². The SMILES string of the molecule is Cc1ccc(C(=O)Oc2ccc(C(=O)COC(=O)C(c3ccccc3)(c3ccccc3)c3ccccc3)cc2)cc1. The fraction of sp³-hybridized carbons (Fsp3) is 0.0833. The van der Waals surface area contributed by atoms with Crippen molar-refractivity contribution in [3.05, 3.63) is 173 Å². The van der Waals surface area contributed by atoms with Crippen LogP contribution in [0, 0.1) is 6.92 Å². The molecule has 0 aliphatic carbocycles. The Kier molecular flexibility index (Phi) is 8.16. The number of benzene rings is 5. The van der Waals surface area contributed by atoms with Crippen LogP contribution in [0.2, 0.25) is 0 Å². The van der Waals surface area contributed by atoms with Crippen molar-refractivity contribution in [3.63, 3.8) is 0 Å². The first-order chi connectivity index (χ1) is 20.0. The second kappa shape index (κ2) is 12.3. The molecule has 0 N–H and O–H groups in total. The van der Waals surface area contributed by atoms with Gasteiger partial charge >= 0.3 is 11.9 Å². The molecule has 0 unspecified atom stereocenters. The smallest absolute Gasteiger partial charge is 0.343 e. The van der Waals surface area contributed by atoms with Gasteiger partial charge in [0.2, 0.25) is 0 Å². The summed E-state index contributed by atoms with van der Waals surface area (Å²) in [5.41, 5.74) is 2.72. The molecule has 0 aliphatic rings. The Balaban J connectivity index is 1.36. The Morgan fingerprint density at radius 1 is 0.561 bits per heavy atom. The summed E-state index contributed by atoms with van der Waals surface area (Å²) in [4.78, 5) is 39.6. The predicted octanol–water partition coefficient (Wildman–Crippen LogP) is 6.97. The van der Waals surface area contributed by atoms with Crippen LogP contribution in [0.1, 0.15) is 43.0 Å². The zero-order valence-electron chi connectivity index (χ0n) is 22.5. The normalized spacial score (nSPS) is 11.0. The molecule has 0 atom stereocenters. The van der Waals surface area contributed by atoms with Gasteiger partial charge in [-0.2, -0.15) is 0 Å². The molecule has 0 heterocycles. The van der Waals surface area contributed by atoms with Gasteiger partial charge in [-0.3, -0.25) is 9.59 Å². The number of hydrogen-bond donors (Lipinski definition) is 0. The van der Waals surface area contributed by atoms with E-state index in [-0.39, 0.29) is 5.78 Å². The van der Waals surface area contributed by atoms with E-state index in [2.05, 4.69) is 0 Å². The molecule has 0 spiro atoms. The van der Waals surface area contributed by atoms with Crippen molar-refractivity contribution in [1.29, 1.82) is 0 Å². The third kappa shape index (κ3) is 5.85. The molecule has 5 rings (SSSR count). The van der Waals surface area contributed by atoms with Crippen molar-refractivity contribution in [1.82, 2.24) is 0 Å². The van der Waals surface area contributed by atoms with E-state index in [1.807, 2.05) is 110 Å². The lowest BCUT2D eigenvalue weighted by Crippen LogP contribution is -2.40. The number of rotatable bonds is 9. The third-order valence-corrected chi connectivity index (χ3v) is 6.94. The van der Waals surface area contributed by atoms with Crippen LogP contribution in [0.15, 0.2) is 140 Å². The summed E-state index contributed by atoms with van der Waals surface area (Å²) in [6.45, 7) is 1.49. The molecule has 41 heavy (non-hydrogen) atoms. The molecule has 0 aliphatic heterocycles. The molecule has 5 aromatic carbocycles. The second-order valence-electron chi connectivity index (χ2n) is 9.63. The van der Waals surface area contributed by atoms with Gasteiger partial charge < -0.3 is 9.47 Å². The molecule has 0 bridgehead atoms. The fourth-order valence-electron chi connectivity index (χ4n) is 4.81. The van der Waals surface area contributed by atoms with Crippen molar-refractivity contribution >= 4 is 17.7 Å². The van der Waals surface area contributed by atoms with E-state index in [0.29, 0.717) is 16.9 Å². The van der Waals surface area contributed by atoms with Crippen LogP contribution in [0.5, 0.6) is 5.75 Å². The third-order valence-electron chi connectivity index (χ3n) is 6.94. The van der Waals surface area contributed by atoms with Crippen LogP contribution in [0.25, 0.3) is 0 Å². The second-order valence-corrected chi connectivity index (χ2v) is 9.63. The molecule has 5 heteroatoms. The molecule has 0 radical (unpaired) electrons. The lowest BCUT2D eigenvalue weighted by Gasteiger charge is -2.33. The highest BCUT2D eigenvalue weighted by molar-refractivity contribution is 6.00. The number of carbonyl (C=O) groups is 3. The predicted molar refractivity (Wildman–Crippen MR) is 157 cm³/mol. The largest absolute Gasteiger partial charge is 0.456 e. The quantitative estimate of drug-likeness (QED) is 0.0874. The zero-order chi connectivity index (χ0) is 28.7. The molecule has 5 aromatic rings. The van der Waals surface area contributed by atoms with Crippen molar-refractivity contribution in [2.75, 3.05) is 6.61 Å². The van der Waals surface area contributed by atoms with Gasteiger partial charge in [0.1, 0.15) is 11.2 Å². The van der Waals surface area contributed by atoms with Crippen LogP contribution in [-0.2, 0) is 14.9 Å². The summed E-state index contributed by atoms with van der Waals surface area (Å²) in [5, 5.41) is 0. The van der Waals surface area contributed by atoms with Crippen molar-refractivity contribution in [2.45, 2.75) is 12.3 Å². The maximum absolute atomic E-state index is 14.1. The summed E-state index contributed by atoms with van der Waals surface area (Å²) < 4.78 is 11.2. The Bertz CT molecular complexity index is 1530. The first kappa shape index (κ1) is 27.3. The Morgan fingerprint density at radius 2 is 1.00 bits per heavy atom. The number of esters is 2. The Hall–Kier alpha value is -5.29. The van der Waals surface area contributed by atoms with Gasteiger partial charge in [0.15, 0.2) is 12.4 Å². The van der Waals surface area contributed by atoms with Gasteiger partial charge in [0, 0.05) is 5.56 Å². The van der Waals surface area contributed by atoms with E-state index in [1.165, 1.54) is 0 Å². The standard InChI is InChI=1S/C36H28O5/c1-26-17-19-28(20-18-26)34(38)41-32-23-21-27(22-24-32)33(37)25-40-35(39)36(29-11-5-2-6-12-29,30-13-7-3-8-14-30)31-15-9-4-10-16-31/h2-24H,25H2,1H3. The first-order valence-corrected chi connectivity index (χ1v) is 13.2. The van der Waals surface area contributed by atoms with Crippen LogP contribution in [0.3, 0.4) is 0 Å². The minimum Gasteiger partial charge on any atom is -0.456 e. The minimum absolute atomic E-state index is 0.306. The van der Waals surface area contributed by atoms with Gasteiger partial charge in [-0.1, -0.05) is 109 Å². The molecule has 0 aromatic heterocycles. The van der Waals surface area contributed by atoms with Crippen LogP contribution in [-0.4, -0.2) is 24.3 Å². The van der Waals surface area contributed by atoms with Crippen molar-refractivity contribution in [3.8, 4) is 5.75 Å². The maximum atomic E-state index is 14.1. The summed E-state index contributed by atoms with van der Waals surface area (Å²) in [5.74, 6) is -1.12. The fourth-order valence-corrected chi connectivity index (χ4v) is 4.81. The molecule has 0 saturated heterocycles. The van der Waals surface area contributed by atoms with E-state index < -0.39 is 24.0 Å². The van der Waals surface area contributed by atoms with E-state index >= 15 is 0 Å². The van der Waals surface area contributed by atoms with Gasteiger partial charge in [-0.15, -0.1) is 0 Å². The summed E-state index contributed by atoms with van der Waals surface area (Å²) in [7, 11) is 0. The highest BCUT2D eigenvalue weighted by Gasteiger charge is 2.45. The van der Waals surface area contributed by atoms with E-state index in [1.54, 1.807) is 36.4 Å². The molecular formula is C36H28O5. The van der Waals surface area contributed by atoms with Gasteiger partial charge in [0.05, 0.1) is 5.56 Å². The maximum Gasteiger partial charge on any atom is 0.343 e. The average molecular weight is 541 g/mol. The summed E-state index contributed by atoms with van der Waals surface area (Å²) in [6, 6.07) is 41.5. The van der Waals surface area contributed by atoms with E-state index in [0.717, 1.165) is 22.3 Å². The molecule has 202 valence electrons. The summed E-state index contributed by atoms with van der Waals surface area (Å²) in [6.07, 6.45) is 0. The average Bonchev–Trinajstić information content (AvgIpc) is 3.02. The van der Waals surface area contributed by atoms with E-state index in [9.17, 15) is 14.4 Å².